The molecular formula is C19H25ClN2O. The lowest BCUT2D eigenvalue weighted by Crippen LogP contribution is -2.20. The lowest BCUT2D eigenvalue weighted by molar-refractivity contribution is 0.306. The van der Waals surface area contributed by atoms with Crippen LogP contribution in [-0.2, 0) is 13.2 Å². The molecule has 0 saturated heterocycles. The Morgan fingerprint density at radius 3 is 2.61 bits per heavy atom. The fourth-order valence-corrected chi connectivity index (χ4v) is 2.50. The number of nitrogens with zero attached hydrogens (tertiary/aromatic N) is 1. The molecule has 2 rings (SSSR count). The van der Waals surface area contributed by atoms with Crippen LogP contribution in [0, 0.1) is 0 Å². The van der Waals surface area contributed by atoms with Gasteiger partial charge in [-0.2, -0.15) is 0 Å². The quantitative estimate of drug-likeness (QED) is 0.703. The lowest BCUT2D eigenvalue weighted by atomic mass is 10.2. The Labute approximate surface area is 144 Å². The predicted molar refractivity (Wildman–Crippen MR) is 97.1 cm³/mol. The molecule has 0 aliphatic carbocycles. The Kier molecular flexibility index (Phi) is 7.40. The highest BCUT2D eigenvalue weighted by molar-refractivity contribution is 6.30. The van der Waals surface area contributed by atoms with Crippen LogP contribution in [0.1, 0.15) is 17.5 Å². The van der Waals surface area contributed by atoms with Crippen molar-refractivity contribution in [2.24, 2.45) is 0 Å². The Morgan fingerprint density at radius 2 is 1.83 bits per heavy atom. The maximum absolute atomic E-state index is 5.99. The molecule has 0 bridgehead atoms. The summed E-state index contributed by atoms with van der Waals surface area (Å²) in [5, 5.41) is 4.20. The van der Waals surface area contributed by atoms with Gasteiger partial charge in [-0.1, -0.05) is 35.9 Å². The fourth-order valence-electron chi connectivity index (χ4n) is 2.29. The van der Waals surface area contributed by atoms with Gasteiger partial charge in [-0.3, -0.25) is 0 Å². The fraction of sp³-hybridized carbons (Fsp3) is 0.368. The summed E-state index contributed by atoms with van der Waals surface area (Å²) in [6.45, 7) is 3.52. The Bertz CT molecular complexity index is 601. The molecule has 0 aliphatic heterocycles. The van der Waals surface area contributed by atoms with E-state index in [1.54, 1.807) is 0 Å². The van der Waals surface area contributed by atoms with Crippen LogP contribution in [0.25, 0.3) is 0 Å². The van der Waals surface area contributed by atoms with Gasteiger partial charge in [0, 0.05) is 11.6 Å². The van der Waals surface area contributed by atoms with Gasteiger partial charge in [0.1, 0.15) is 12.4 Å². The molecule has 23 heavy (non-hydrogen) atoms. The van der Waals surface area contributed by atoms with E-state index in [9.17, 15) is 0 Å². The molecule has 0 saturated carbocycles. The molecule has 2 aromatic carbocycles. The molecule has 3 nitrogen and oxygen atoms in total. The van der Waals surface area contributed by atoms with Crippen LogP contribution < -0.4 is 10.1 Å². The summed E-state index contributed by atoms with van der Waals surface area (Å²) < 4.78 is 5.85. The molecule has 0 aromatic heterocycles. The van der Waals surface area contributed by atoms with Crippen LogP contribution >= 0.6 is 11.6 Å². The van der Waals surface area contributed by atoms with Gasteiger partial charge in [0.2, 0.25) is 0 Å². The molecule has 1 N–H and O–H groups in total. The minimum atomic E-state index is 0.528. The van der Waals surface area contributed by atoms with Gasteiger partial charge in [-0.05, 0) is 69.0 Å². The van der Waals surface area contributed by atoms with E-state index in [1.807, 2.05) is 36.4 Å². The van der Waals surface area contributed by atoms with Crippen molar-refractivity contribution >= 4 is 11.6 Å². The molecule has 0 radical (unpaired) electrons. The third-order valence-corrected chi connectivity index (χ3v) is 3.72. The standard InChI is InChI=1S/C19H25ClN2O/c1-22(2)11-5-10-21-14-16-6-4-9-19(13-16)23-15-17-7-3-8-18(20)12-17/h3-4,6-9,12-13,21H,5,10-11,14-15H2,1-2H3. The summed E-state index contributed by atoms with van der Waals surface area (Å²) in [7, 11) is 4.20. The van der Waals surface area contributed by atoms with Gasteiger partial charge in [0.05, 0.1) is 0 Å². The van der Waals surface area contributed by atoms with E-state index in [-0.39, 0.29) is 0 Å². The summed E-state index contributed by atoms with van der Waals surface area (Å²) in [5.74, 6) is 0.887. The maximum atomic E-state index is 5.99. The van der Waals surface area contributed by atoms with Crippen molar-refractivity contribution in [3.8, 4) is 5.75 Å². The van der Waals surface area contributed by atoms with Crippen molar-refractivity contribution in [2.75, 3.05) is 27.2 Å². The highest BCUT2D eigenvalue weighted by Crippen LogP contribution is 2.17. The topological polar surface area (TPSA) is 24.5 Å². The summed E-state index contributed by atoms with van der Waals surface area (Å²) in [5.41, 5.74) is 2.31. The van der Waals surface area contributed by atoms with Crippen LogP contribution in [0.3, 0.4) is 0 Å². The summed E-state index contributed by atoms with van der Waals surface area (Å²) in [4.78, 5) is 2.20. The smallest absolute Gasteiger partial charge is 0.120 e. The predicted octanol–water partition coefficient (Wildman–Crippen LogP) is 3.96. The summed E-state index contributed by atoms with van der Waals surface area (Å²) in [6.07, 6.45) is 1.15. The number of halogens is 1. The van der Waals surface area contributed by atoms with E-state index in [0.29, 0.717) is 6.61 Å². The zero-order valence-corrected chi connectivity index (χ0v) is 14.6. The maximum Gasteiger partial charge on any atom is 0.120 e. The largest absolute Gasteiger partial charge is 0.489 e. The average molecular weight is 333 g/mol. The summed E-state index contributed by atoms with van der Waals surface area (Å²) in [6, 6.07) is 16.0. The van der Waals surface area contributed by atoms with Crippen molar-refractivity contribution in [1.82, 2.24) is 10.2 Å². The van der Waals surface area contributed by atoms with E-state index in [2.05, 4.69) is 36.4 Å². The van der Waals surface area contributed by atoms with E-state index in [4.69, 9.17) is 16.3 Å². The minimum Gasteiger partial charge on any atom is -0.489 e. The van der Waals surface area contributed by atoms with Crippen LogP contribution in [0.5, 0.6) is 5.75 Å². The minimum absolute atomic E-state index is 0.528. The molecule has 0 spiro atoms. The Morgan fingerprint density at radius 1 is 1.04 bits per heavy atom. The van der Waals surface area contributed by atoms with E-state index < -0.39 is 0 Å². The molecule has 0 atom stereocenters. The molecule has 124 valence electrons. The monoisotopic (exact) mass is 332 g/mol. The van der Waals surface area contributed by atoms with Crippen LogP contribution in [0.15, 0.2) is 48.5 Å². The highest BCUT2D eigenvalue weighted by atomic mass is 35.5. The van der Waals surface area contributed by atoms with Crippen molar-refractivity contribution in [1.29, 1.82) is 0 Å². The van der Waals surface area contributed by atoms with E-state index >= 15 is 0 Å². The first-order valence-corrected chi connectivity index (χ1v) is 8.33. The van der Waals surface area contributed by atoms with Crippen LogP contribution in [-0.4, -0.2) is 32.1 Å². The molecule has 2 aromatic rings. The number of hydrogen-bond acceptors (Lipinski definition) is 3. The molecule has 0 heterocycles. The number of hydrogen-bond donors (Lipinski definition) is 1. The molecule has 0 amide bonds. The van der Waals surface area contributed by atoms with Crippen molar-refractivity contribution in [2.45, 2.75) is 19.6 Å². The van der Waals surface area contributed by atoms with E-state index in [1.165, 1.54) is 5.56 Å². The van der Waals surface area contributed by atoms with Crippen LogP contribution in [0.4, 0.5) is 0 Å². The second-order valence-corrected chi connectivity index (χ2v) is 6.34. The third-order valence-electron chi connectivity index (χ3n) is 3.48. The molecular weight excluding hydrogens is 308 g/mol. The first kappa shape index (κ1) is 17.8. The van der Waals surface area contributed by atoms with Gasteiger partial charge >= 0.3 is 0 Å². The first-order chi connectivity index (χ1) is 11.1. The van der Waals surface area contributed by atoms with Gasteiger partial charge < -0.3 is 15.0 Å². The molecule has 4 heteroatoms. The van der Waals surface area contributed by atoms with Gasteiger partial charge in [0.15, 0.2) is 0 Å². The number of benzene rings is 2. The van der Waals surface area contributed by atoms with Gasteiger partial charge in [-0.15, -0.1) is 0 Å². The molecule has 0 aliphatic rings. The third kappa shape index (κ3) is 7.04. The zero-order valence-electron chi connectivity index (χ0n) is 13.9. The second kappa shape index (κ2) is 9.56. The van der Waals surface area contributed by atoms with Crippen molar-refractivity contribution < 1.29 is 4.74 Å². The first-order valence-electron chi connectivity index (χ1n) is 7.95. The van der Waals surface area contributed by atoms with Crippen molar-refractivity contribution in [3.63, 3.8) is 0 Å². The highest BCUT2D eigenvalue weighted by Gasteiger charge is 2.00. The molecule has 0 unspecified atom stereocenters. The Hall–Kier alpha value is -1.55. The number of nitrogens with one attached hydrogen (secondary N) is 1. The number of rotatable bonds is 9. The average Bonchev–Trinajstić information content (AvgIpc) is 2.53. The van der Waals surface area contributed by atoms with E-state index in [0.717, 1.165) is 42.4 Å². The normalized spacial score (nSPS) is 11.0. The zero-order chi connectivity index (χ0) is 16.5. The Balaban J connectivity index is 1.78. The van der Waals surface area contributed by atoms with Gasteiger partial charge in [-0.25, -0.2) is 0 Å². The molecule has 0 fully saturated rings. The SMILES string of the molecule is CN(C)CCCNCc1cccc(OCc2cccc(Cl)c2)c1. The lowest BCUT2D eigenvalue weighted by Gasteiger charge is -2.11. The van der Waals surface area contributed by atoms with Gasteiger partial charge in [0.25, 0.3) is 0 Å². The second-order valence-electron chi connectivity index (χ2n) is 5.90. The van der Waals surface area contributed by atoms with Crippen LogP contribution in [0.2, 0.25) is 5.02 Å². The summed E-state index contributed by atoms with van der Waals surface area (Å²) >= 11 is 5.99. The van der Waals surface area contributed by atoms with Crippen molar-refractivity contribution in [3.05, 3.63) is 64.7 Å². The number of ether oxygens (including phenoxy) is 1.